The van der Waals surface area contributed by atoms with Crippen LogP contribution in [-0.2, 0) is 4.74 Å². The molecule has 1 heterocycles. The number of ether oxygens (including phenoxy) is 5. The highest BCUT2D eigenvalue weighted by Crippen LogP contribution is 2.41. The molecule has 0 radical (unpaired) electrons. The molecule has 35 heavy (non-hydrogen) atoms. The van der Waals surface area contributed by atoms with Gasteiger partial charge in [-0.25, -0.2) is 0 Å². The first-order valence-corrected chi connectivity index (χ1v) is 10.6. The van der Waals surface area contributed by atoms with Crippen molar-refractivity contribution < 1.29 is 54.0 Å². The van der Waals surface area contributed by atoms with E-state index in [2.05, 4.69) is 0 Å². The van der Waals surface area contributed by atoms with Gasteiger partial charge in [-0.1, -0.05) is 12.1 Å². The van der Waals surface area contributed by atoms with Crippen molar-refractivity contribution in [3.8, 4) is 28.7 Å². The minimum absolute atomic E-state index is 0.0836. The van der Waals surface area contributed by atoms with Crippen LogP contribution in [0.3, 0.4) is 0 Å². The number of aliphatic hydroxyl groups is 4. The number of carbonyl (C=O) groups is 1. The van der Waals surface area contributed by atoms with Crippen molar-refractivity contribution in [3.63, 3.8) is 0 Å². The summed E-state index contributed by atoms with van der Waals surface area (Å²) in [6.45, 7) is -0.632. The molecule has 11 nitrogen and oxygen atoms in total. The molecule has 1 aliphatic rings. The van der Waals surface area contributed by atoms with E-state index in [-0.39, 0.29) is 17.1 Å². The normalized spacial score (nSPS) is 24.3. The Morgan fingerprint density at radius 2 is 1.63 bits per heavy atom. The molecular weight excluding hydrogens is 464 g/mol. The predicted molar refractivity (Wildman–Crippen MR) is 122 cm³/mol. The van der Waals surface area contributed by atoms with E-state index in [1.165, 1.54) is 45.6 Å². The summed E-state index contributed by atoms with van der Waals surface area (Å²) in [6, 6.07) is 7.70. The van der Waals surface area contributed by atoms with Crippen LogP contribution in [0.4, 0.5) is 0 Å². The van der Waals surface area contributed by atoms with Gasteiger partial charge in [-0.3, -0.25) is 4.79 Å². The van der Waals surface area contributed by atoms with Gasteiger partial charge in [0.15, 0.2) is 28.8 Å². The van der Waals surface area contributed by atoms with Gasteiger partial charge >= 0.3 is 0 Å². The van der Waals surface area contributed by atoms with Crippen LogP contribution >= 0.6 is 0 Å². The Hall–Kier alpha value is -3.35. The Morgan fingerprint density at radius 3 is 2.26 bits per heavy atom. The molecule has 5 N–H and O–H groups in total. The maximum Gasteiger partial charge on any atom is 0.229 e. The minimum atomic E-state index is -1.66. The van der Waals surface area contributed by atoms with Crippen molar-refractivity contribution in [1.82, 2.24) is 0 Å². The second kappa shape index (κ2) is 11.4. The smallest absolute Gasteiger partial charge is 0.229 e. The van der Waals surface area contributed by atoms with E-state index in [1.54, 1.807) is 18.2 Å². The number of hydrogen-bond donors (Lipinski definition) is 5. The number of rotatable bonds is 9. The minimum Gasteiger partial charge on any atom is -0.504 e. The van der Waals surface area contributed by atoms with Crippen LogP contribution in [0.25, 0.3) is 6.08 Å². The lowest BCUT2D eigenvalue weighted by atomic mass is 9.99. The molecule has 0 spiro atoms. The Kier molecular flexibility index (Phi) is 8.54. The van der Waals surface area contributed by atoms with E-state index < -0.39 is 48.8 Å². The van der Waals surface area contributed by atoms with Gasteiger partial charge in [-0.15, -0.1) is 0 Å². The summed E-state index contributed by atoms with van der Waals surface area (Å²) in [7, 11) is 4.25. The van der Waals surface area contributed by atoms with Crippen LogP contribution in [0.15, 0.2) is 36.4 Å². The molecule has 0 bridgehead atoms. The number of phenolic OH excluding ortho intramolecular Hbond substituents is 1. The summed E-state index contributed by atoms with van der Waals surface area (Å²) < 4.78 is 26.5. The molecule has 11 heteroatoms. The summed E-state index contributed by atoms with van der Waals surface area (Å²) in [6.07, 6.45) is -4.74. The van der Waals surface area contributed by atoms with E-state index in [4.69, 9.17) is 23.7 Å². The molecular formula is C24H28O11. The van der Waals surface area contributed by atoms with E-state index in [1.807, 2.05) is 0 Å². The number of methoxy groups -OCH3 is 3. The van der Waals surface area contributed by atoms with Gasteiger partial charge < -0.3 is 49.2 Å². The van der Waals surface area contributed by atoms with Crippen LogP contribution in [0.1, 0.15) is 15.9 Å². The summed E-state index contributed by atoms with van der Waals surface area (Å²) >= 11 is 0. The highest BCUT2D eigenvalue weighted by molar-refractivity contribution is 6.09. The number of hydrogen-bond acceptors (Lipinski definition) is 11. The molecule has 0 saturated carbocycles. The van der Waals surface area contributed by atoms with Gasteiger partial charge in [0.25, 0.3) is 0 Å². The average molecular weight is 492 g/mol. The lowest BCUT2D eigenvalue weighted by Crippen LogP contribution is -2.60. The molecule has 1 aliphatic heterocycles. The summed E-state index contributed by atoms with van der Waals surface area (Å²) in [5.74, 6) is -0.344. The average Bonchev–Trinajstić information content (AvgIpc) is 2.87. The van der Waals surface area contributed by atoms with E-state index in [0.29, 0.717) is 17.1 Å². The van der Waals surface area contributed by atoms with Crippen LogP contribution < -0.4 is 18.9 Å². The van der Waals surface area contributed by atoms with Crippen LogP contribution in [-0.4, -0.2) is 90.0 Å². The lowest BCUT2D eigenvalue weighted by molar-refractivity contribution is -0.277. The third kappa shape index (κ3) is 5.50. The van der Waals surface area contributed by atoms with E-state index in [0.717, 1.165) is 0 Å². The monoisotopic (exact) mass is 492 g/mol. The van der Waals surface area contributed by atoms with Crippen molar-refractivity contribution >= 4 is 11.9 Å². The second-order valence-electron chi connectivity index (χ2n) is 7.62. The van der Waals surface area contributed by atoms with Gasteiger partial charge in [0, 0.05) is 0 Å². The summed E-state index contributed by atoms with van der Waals surface area (Å²) in [5, 5.41) is 50.0. The molecule has 2 aromatic carbocycles. The topological polar surface area (TPSA) is 164 Å². The second-order valence-corrected chi connectivity index (χ2v) is 7.62. The number of aliphatic hydroxyl groups excluding tert-OH is 4. The molecule has 5 atom stereocenters. The fraction of sp³-hybridized carbons (Fsp3) is 0.375. The zero-order valence-corrected chi connectivity index (χ0v) is 19.3. The van der Waals surface area contributed by atoms with Gasteiger partial charge in [-0.05, 0) is 35.9 Å². The molecule has 190 valence electrons. The van der Waals surface area contributed by atoms with Crippen LogP contribution in [0.5, 0.6) is 28.7 Å². The number of allylic oxidation sites excluding steroid dienone is 1. The van der Waals surface area contributed by atoms with Gasteiger partial charge in [0.1, 0.15) is 24.4 Å². The van der Waals surface area contributed by atoms with E-state index in [9.17, 15) is 30.3 Å². The Labute approximate surface area is 201 Å². The van der Waals surface area contributed by atoms with Crippen molar-refractivity contribution in [2.75, 3.05) is 27.9 Å². The molecule has 1 saturated heterocycles. The third-order valence-corrected chi connectivity index (χ3v) is 5.49. The molecule has 0 amide bonds. The fourth-order valence-corrected chi connectivity index (χ4v) is 3.55. The summed E-state index contributed by atoms with van der Waals surface area (Å²) in [4.78, 5) is 12.7. The Bertz CT molecular complexity index is 1070. The maximum absolute atomic E-state index is 12.7. The van der Waals surface area contributed by atoms with Crippen molar-refractivity contribution in [3.05, 3.63) is 47.5 Å². The first-order valence-electron chi connectivity index (χ1n) is 10.6. The predicted octanol–water partition coefficient (Wildman–Crippen LogP) is 0.493. The highest BCUT2D eigenvalue weighted by atomic mass is 16.7. The Balaban J connectivity index is 1.82. The number of carbonyl (C=O) groups excluding carboxylic acids is 1. The third-order valence-electron chi connectivity index (χ3n) is 5.49. The highest BCUT2D eigenvalue weighted by Gasteiger charge is 2.45. The number of ketones is 1. The molecule has 3 rings (SSSR count). The largest absolute Gasteiger partial charge is 0.504 e. The van der Waals surface area contributed by atoms with Gasteiger partial charge in [-0.2, -0.15) is 0 Å². The van der Waals surface area contributed by atoms with Gasteiger partial charge in [0.2, 0.25) is 12.0 Å². The molecule has 0 aromatic heterocycles. The first-order chi connectivity index (χ1) is 16.7. The van der Waals surface area contributed by atoms with Crippen molar-refractivity contribution in [2.24, 2.45) is 0 Å². The SMILES string of the molecule is COc1ccc(C=CC(=O)c2ccc(OC3OC(CO)C(O)C(O)C3O)c(OC)c2O)cc1OC. The van der Waals surface area contributed by atoms with Crippen molar-refractivity contribution in [2.45, 2.75) is 30.7 Å². The number of benzene rings is 2. The Morgan fingerprint density at radius 1 is 0.943 bits per heavy atom. The summed E-state index contributed by atoms with van der Waals surface area (Å²) in [5.41, 5.74) is 0.574. The standard InChI is InChI=1S/C24H28O11/c1-31-15-8-5-12(10-17(15)32-2)4-7-14(26)13-6-9-16(23(33-3)19(13)27)34-24-22(30)21(29)20(28)18(11-25)35-24/h4-10,18,20-22,24-25,27-30H,11H2,1-3H3. The molecule has 0 aliphatic carbocycles. The number of phenols is 1. The quantitative estimate of drug-likeness (QED) is 0.244. The lowest BCUT2D eigenvalue weighted by Gasteiger charge is -2.39. The van der Waals surface area contributed by atoms with Crippen LogP contribution in [0, 0.1) is 0 Å². The molecule has 2 aromatic rings. The zero-order valence-electron chi connectivity index (χ0n) is 19.3. The molecule has 1 fully saturated rings. The first kappa shape index (κ1) is 26.3. The molecule has 5 unspecified atom stereocenters. The van der Waals surface area contributed by atoms with Gasteiger partial charge in [0.05, 0.1) is 33.5 Å². The van der Waals surface area contributed by atoms with Crippen LogP contribution in [0.2, 0.25) is 0 Å². The fourth-order valence-electron chi connectivity index (χ4n) is 3.55. The van der Waals surface area contributed by atoms with E-state index >= 15 is 0 Å². The zero-order chi connectivity index (χ0) is 25.7. The maximum atomic E-state index is 12.7. The van der Waals surface area contributed by atoms with Crippen molar-refractivity contribution in [1.29, 1.82) is 0 Å². The number of aromatic hydroxyl groups is 1.